The van der Waals surface area contributed by atoms with Crippen molar-refractivity contribution in [2.75, 3.05) is 14.1 Å². The third kappa shape index (κ3) is 6.69. The molecule has 0 aromatic carbocycles. The Morgan fingerprint density at radius 1 is 1.40 bits per heavy atom. The summed E-state index contributed by atoms with van der Waals surface area (Å²) in [4.78, 5) is 12.9. The van der Waals surface area contributed by atoms with Crippen molar-refractivity contribution in [3.05, 3.63) is 37.0 Å². The number of likely N-dealkylation sites (N-methyl/N-ethyl adjacent to an activating group) is 1. The van der Waals surface area contributed by atoms with E-state index in [0.29, 0.717) is 6.42 Å². The molecule has 0 saturated carbocycles. The molecule has 3 heteroatoms. The molecule has 84 valence electrons. The number of hydrogen-bond acceptors (Lipinski definition) is 2. The molecule has 0 unspecified atom stereocenters. The summed E-state index contributed by atoms with van der Waals surface area (Å²) in [5.74, 6) is -0.0231. The van der Waals surface area contributed by atoms with Gasteiger partial charge < -0.3 is 10.6 Å². The third-order valence-electron chi connectivity index (χ3n) is 1.90. The van der Waals surface area contributed by atoms with E-state index in [9.17, 15) is 4.79 Å². The van der Waals surface area contributed by atoms with E-state index >= 15 is 0 Å². The smallest absolute Gasteiger partial charge is 0.238 e. The highest BCUT2D eigenvalue weighted by Gasteiger charge is 2.13. The highest BCUT2D eigenvalue weighted by atomic mass is 16.2. The Bertz CT molecular complexity index is 254. The molecule has 1 amide bonds. The summed E-state index contributed by atoms with van der Waals surface area (Å²) >= 11 is 0. The highest BCUT2D eigenvalue weighted by Crippen LogP contribution is 1.99. The average molecular weight is 208 g/mol. The lowest BCUT2D eigenvalue weighted by Gasteiger charge is -2.15. The van der Waals surface area contributed by atoms with Gasteiger partial charge in [-0.3, -0.25) is 4.79 Å². The van der Waals surface area contributed by atoms with Crippen molar-refractivity contribution >= 4 is 5.91 Å². The molecule has 0 spiro atoms. The normalized spacial score (nSPS) is 13.3. The second-order valence-corrected chi connectivity index (χ2v) is 3.47. The van der Waals surface area contributed by atoms with E-state index in [0.717, 1.165) is 6.42 Å². The van der Waals surface area contributed by atoms with E-state index < -0.39 is 6.04 Å². The first kappa shape index (κ1) is 13.7. The number of carbonyl (C=O) groups excluding carboxylic acids is 1. The number of nitrogens with zero attached hydrogens (tertiary/aromatic N) is 1. The van der Waals surface area contributed by atoms with E-state index in [1.165, 1.54) is 4.90 Å². The molecule has 3 nitrogen and oxygen atoms in total. The van der Waals surface area contributed by atoms with Crippen LogP contribution in [0.5, 0.6) is 0 Å². The Kier molecular flexibility index (Phi) is 7.28. The van der Waals surface area contributed by atoms with Gasteiger partial charge in [0.1, 0.15) is 0 Å². The molecule has 1 atom stereocenters. The lowest BCUT2D eigenvalue weighted by atomic mass is 10.1. The maximum absolute atomic E-state index is 11.4. The van der Waals surface area contributed by atoms with E-state index in [2.05, 4.69) is 6.58 Å². The first-order chi connectivity index (χ1) is 7.09. The summed E-state index contributed by atoms with van der Waals surface area (Å²) < 4.78 is 0. The van der Waals surface area contributed by atoms with Crippen molar-refractivity contribution < 1.29 is 4.79 Å². The van der Waals surface area contributed by atoms with Gasteiger partial charge >= 0.3 is 0 Å². The van der Waals surface area contributed by atoms with E-state index in [4.69, 9.17) is 5.73 Å². The molecule has 0 radical (unpaired) electrons. The Labute approximate surface area is 91.9 Å². The van der Waals surface area contributed by atoms with Crippen LogP contribution in [0.4, 0.5) is 0 Å². The third-order valence-corrected chi connectivity index (χ3v) is 1.90. The van der Waals surface area contributed by atoms with Gasteiger partial charge in [0.05, 0.1) is 6.04 Å². The zero-order valence-electron chi connectivity index (χ0n) is 9.52. The van der Waals surface area contributed by atoms with Gasteiger partial charge in [-0.25, -0.2) is 0 Å². The van der Waals surface area contributed by atoms with Crippen molar-refractivity contribution in [3.63, 3.8) is 0 Å². The topological polar surface area (TPSA) is 46.3 Å². The maximum atomic E-state index is 11.4. The van der Waals surface area contributed by atoms with Crippen molar-refractivity contribution in [1.29, 1.82) is 0 Å². The molecule has 0 fully saturated rings. The zero-order valence-corrected chi connectivity index (χ0v) is 9.52. The number of amides is 1. The predicted octanol–water partition coefficient (Wildman–Crippen LogP) is 1.48. The molecular formula is C12H20N2O. The van der Waals surface area contributed by atoms with Gasteiger partial charge in [-0.1, -0.05) is 37.0 Å². The molecule has 0 aromatic heterocycles. The fourth-order valence-corrected chi connectivity index (χ4v) is 1.05. The summed E-state index contributed by atoms with van der Waals surface area (Å²) in [6.45, 7) is 3.56. The van der Waals surface area contributed by atoms with Crippen LogP contribution in [0.3, 0.4) is 0 Å². The van der Waals surface area contributed by atoms with E-state index in [1.807, 2.05) is 24.3 Å². The van der Waals surface area contributed by atoms with Gasteiger partial charge in [-0.2, -0.15) is 0 Å². The molecule has 0 aromatic rings. The van der Waals surface area contributed by atoms with Gasteiger partial charge in [-0.15, -0.1) is 0 Å². The van der Waals surface area contributed by atoms with Crippen LogP contribution in [0.2, 0.25) is 0 Å². The maximum Gasteiger partial charge on any atom is 0.238 e. The van der Waals surface area contributed by atoms with Crippen LogP contribution in [0.15, 0.2) is 37.0 Å². The number of rotatable bonds is 6. The van der Waals surface area contributed by atoms with E-state index in [1.54, 1.807) is 20.2 Å². The van der Waals surface area contributed by atoms with E-state index in [-0.39, 0.29) is 5.91 Å². The Hall–Kier alpha value is -1.35. The van der Waals surface area contributed by atoms with Crippen molar-refractivity contribution in [1.82, 2.24) is 4.90 Å². The fourth-order valence-electron chi connectivity index (χ4n) is 1.05. The van der Waals surface area contributed by atoms with Crippen LogP contribution in [0.25, 0.3) is 0 Å². The minimum atomic E-state index is -0.395. The van der Waals surface area contributed by atoms with Gasteiger partial charge in [0, 0.05) is 14.1 Å². The standard InChI is InChI=1S/C12H20N2O/c1-4-5-6-7-8-9-10-11(13)12(15)14(2)3/h4-8,11H,1,9-10,13H2,2-3H3/b6-5-,8-7-/t11-/m1/s1. The van der Waals surface area contributed by atoms with Crippen LogP contribution in [0, 0.1) is 0 Å². The van der Waals surface area contributed by atoms with Crippen LogP contribution in [-0.2, 0) is 4.79 Å². The molecule has 0 aliphatic heterocycles. The summed E-state index contributed by atoms with van der Waals surface area (Å²) in [5.41, 5.74) is 5.70. The molecule has 15 heavy (non-hydrogen) atoms. The minimum absolute atomic E-state index is 0.0231. The predicted molar refractivity (Wildman–Crippen MR) is 64.4 cm³/mol. The van der Waals surface area contributed by atoms with Gasteiger partial charge in [-0.05, 0) is 12.8 Å². The molecule has 0 bridgehead atoms. The molecule has 0 aliphatic rings. The van der Waals surface area contributed by atoms with Gasteiger partial charge in [0.15, 0.2) is 0 Å². The van der Waals surface area contributed by atoms with Crippen LogP contribution in [-0.4, -0.2) is 30.9 Å². The summed E-state index contributed by atoms with van der Waals surface area (Å²) in [6.07, 6.45) is 10.9. The number of carbonyl (C=O) groups is 1. The quantitative estimate of drug-likeness (QED) is 0.672. The fraction of sp³-hybridized carbons (Fsp3) is 0.417. The largest absolute Gasteiger partial charge is 0.347 e. The molecular weight excluding hydrogens is 188 g/mol. The Morgan fingerprint density at radius 3 is 2.60 bits per heavy atom. The summed E-state index contributed by atoms with van der Waals surface area (Å²) in [7, 11) is 3.43. The minimum Gasteiger partial charge on any atom is -0.347 e. The number of allylic oxidation sites excluding steroid dienone is 5. The second-order valence-electron chi connectivity index (χ2n) is 3.47. The number of nitrogens with two attached hydrogens (primary N) is 1. The van der Waals surface area contributed by atoms with Crippen molar-refractivity contribution in [2.45, 2.75) is 18.9 Å². The van der Waals surface area contributed by atoms with Gasteiger partial charge in [0.25, 0.3) is 0 Å². The molecule has 2 N–H and O–H groups in total. The van der Waals surface area contributed by atoms with Crippen LogP contribution in [0.1, 0.15) is 12.8 Å². The van der Waals surface area contributed by atoms with Crippen LogP contribution < -0.4 is 5.73 Å². The monoisotopic (exact) mass is 208 g/mol. The Balaban J connectivity index is 3.76. The summed E-state index contributed by atoms with van der Waals surface area (Å²) in [5, 5.41) is 0. The lowest BCUT2D eigenvalue weighted by molar-refractivity contribution is -0.130. The summed E-state index contributed by atoms with van der Waals surface area (Å²) in [6, 6.07) is -0.395. The van der Waals surface area contributed by atoms with Crippen molar-refractivity contribution in [2.24, 2.45) is 5.73 Å². The second kappa shape index (κ2) is 8.00. The zero-order chi connectivity index (χ0) is 11.7. The number of hydrogen-bond donors (Lipinski definition) is 1. The SMILES string of the molecule is C=C/C=C\C=C/CC[C@@H](N)C(=O)N(C)C. The average Bonchev–Trinajstić information content (AvgIpc) is 2.21. The Morgan fingerprint density at radius 2 is 2.07 bits per heavy atom. The molecule has 0 heterocycles. The highest BCUT2D eigenvalue weighted by molar-refractivity contribution is 5.81. The first-order valence-corrected chi connectivity index (χ1v) is 5.00. The molecule has 0 rings (SSSR count). The van der Waals surface area contributed by atoms with Gasteiger partial charge in [0.2, 0.25) is 5.91 Å². The van der Waals surface area contributed by atoms with Crippen molar-refractivity contribution in [3.8, 4) is 0 Å². The molecule has 0 saturated heterocycles. The molecule has 0 aliphatic carbocycles. The van der Waals surface area contributed by atoms with Crippen LogP contribution >= 0.6 is 0 Å². The first-order valence-electron chi connectivity index (χ1n) is 5.00. The lowest BCUT2D eigenvalue weighted by Crippen LogP contribution is -2.39.